The van der Waals surface area contributed by atoms with Crippen LogP contribution in [0.5, 0.6) is 0 Å². The zero-order chi connectivity index (χ0) is 13.9. The topological polar surface area (TPSA) is 15.3 Å². The lowest BCUT2D eigenvalue weighted by Crippen LogP contribution is -2.44. The molecule has 3 rings (SSSR count). The molecule has 1 aliphatic rings. The second kappa shape index (κ2) is 5.58. The molecule has 20 heavy (non-hydrogen) atoms. The van der Waals surface area contributed by atoms with E-state index in [1.807, 2.05) is 0 Å². The first-order valence-electron chi connectivity index (χ1n) is 7.43. The Hall–Kier alpha value is -1.96. The van der Waals surface area contributed by atoms with Gasteiger partial charge in [-0.15, -0.1) is 0 Å². The second-order valence-corrected chi connectivity index (χ2v) is 5.52. The number of nitrogens with zero attached hydrogens (tertiary/aromatic N) is 1. The molecule has 2 aromatic rings. The number of aryl methyl sites for hydroxylation is 1. The molecule has 1 aliphatic heterocycles. The molecule has 0 bridgehead atoms. The van der Waals surface area contributed by atoms with E-state index in [2.05, 4.69) is 72.6 Å². The summed E-state index contributed by atoms with van der Waals surface area (Å²) < 4.78 is 0. The lowest BCUT2D eigenvalue weighted by molar-refractivity contribution is 0.606. The molecule has 1 N–H and O–H groups in total. The number of fused-ring (bicyclic) bond motifs is 1. The number of anilines is 2. The molecular formula is C18H22N2. The van der Waals surface area contributed by atoms with Crippen LogP contribution in [-0.4, -0.2) is 19.1 Å². The van der Waals surface area contributed by atoms with E-state index in [-0.39, 0.29) is 0 Å². The van der Waals surface area contributed by atoms with E-state index in [0.29, 0.717) is 6.04 Å². The van der Waals surface area contributed by atoms with Crippen LogP contribution in [0.2, 0.25) is 0 Å². The highest BCUT2D eigenvalue weighted by molar-refractivity contribution is 5.57. The second-order valence-electron chi connectivity index (χ2n) is 5.52. The first-order chi connectivity index (χ1) is 9.78. The summed E-state index contributed by atoms with van der Waals surface area (Å²) in [4.78, 5) is 2.51. The standard InChI is InChI=1S/C18H22N2/c1-3-20(16-9-6-7-14(2)11-16)17-12-15-8-4-5-10-18(15)19-13-17/h4-11,17,19H,3,12-13H2,1-2H3. The highest BCUT2D eigenvalue weighted by atomic mass is 15.2. The monoisotopic (exact) mass is 266 g/mol. The van der Waals surface area contributed by atoms with Crippen LogP contribution in [0.1, 0.15) is 18.1 Å². The van der Waals surface area contributed by atoms with Gasteiger partial charge in [-0.3, -0.25) is 0 Å². The van der Waals surface area contributed by atoms with Gasteiger partial charge in [0.15, 0.2) is 0 Å². The van der Waals surface area contributed by atoms with Crippen molar-refractivity contribution in [2.24, 2.45) is 0 Å². The summed E-state index contributed by atoms with van der Waals surface area (Å²) in [5, 5.41) is 3.57. The maximum atomic E-state index is 3.57. The molecule has 0 aromatic heterocycles. The SMILES string of the molecule is CCN(c1cccc(C)c1)C1CNc2ccccc2C1. The number of rotatable bonds is 3. The minimum Gasteiger partial charge on any atom is -0.383 e. The van der Waals surface area contributed by atoms with E-state index in [4.69, 9.17) is 0 Å². The van der Waals surface area contributed by atoms with Crippen molar-refractivity contribution in [2.45, 2.75) is 26.3 Å². The Morgan fingerprint density at radius 2 is 2.00 bits per heavy atom. The van der Waals surface area contributed by atoms with E-state index in [0.717, 1.165) is 19.5 Å². The molecule has 2 nitrogen and oxygen atoms in total. The van der Waals surface area contributed by atoms with Crippen LogP contribution in [0.4, 0.5) is 11.4 Å². The largest absolute Gasteiger partial charge is 0.383 e. The molecule has 2 aromatic carbocycles. The minimum atomic E-state index is 0.525. The van der Waals surface area contributed by atoms with Crippen LogP contribution in [0, 0.1) is 6.92 Å². The number of benzene rings is 2. The van der Waals surface area contributed by atoms with Crippen molar-refractivity contribution in [1.82, 2.24) is 0 Å². The molecule has 0 fully saturated rings. The van der Waals surface area contributed by atoms with Crippen LogP contribution in [0.3, 0.4) is 0 Å². The zero-order valence-corrected chi connectivity index (χ0v) is 12.3. The van der Waals surface area contributed by atoms with E-state index in [1.54, 1.807) is 0 Å². The number of para-hydroxylation sites is 1. The molecule has 0 saturated heterocycles. The molecule has 1 atom stereocenters. The normalized spacial score (nSPS) is 17.2. The molecule has 0 amide bonds. The molecule has 0 saturated carbocycles. The third kappa shape index (κ3) is 2.51. The fraction of sp³-hybridized carbons (Fsp3) is 0.333. The quantitative estimate of drug-likeness (QED) is 0.907. The van der Waals surface area contributed by atoms with Gasteiger partial charge >= 0.3 is 0 Å². The number of nitrogens with one attached hydrogen (secondary N) is 1. The summed E-state index contributed by atoms with van der Waals surface area (Å²) in [6, 6.07) is 18.0. The van der Waals surface area contributed by atoms with Crippen LogP contribution in [0.25, 0.3) is 0 Å². The molecule has 2 heteroatoms. The average molecular weight is 266 g/mol. The Bertz CT molecular complexity index is 591. The highest BCUT2D eigenvalue weighted by Crippen LogP contribution is 2.27. The number of hydrogen-bond donors (Lipinski definition) is 1. The van der Waals surface area contributed by atoms with E-state index in [9.17, 15) is 0 Å². The molecule has 0 spiro atoms. The van der Waals surface area contributed by atoms with Gasteiger partial charge in [-0.05, 0) is 49.6 Å². The van der Waals surface area contributed by atoms with Crippen LogP contribution in [-0.2, 0) is 6.42 Å². The lowest BCUT2D eigenvalue weighted by Gasteiger charge is -2.37. The van der Waals surface area contributed by atoms with Gasteiger partial charge < -0.3 is 10.2 Å². The van der Waals surface area contributed by atoms with Crippen LogP contribution in [0.15, 0.2) is 48.5 Å². The molecular weight excluding hydrogens is 244 g/mol. The van der Waals surface area contributed by atoms with Crippen molar-refractivity contribution >= 4 is 11.4 Å². The zero-order valence-electron chi connectivity index (χ0n) is 12.3. The summed E-state index contributed by atoms with van der Waals surface area (Å²) in [5.74, 6) is 0. The molecule has 1 heterocycles. The highest BCUT2D eigenvalue weighted by Gasteiger charge is 2.23. The van der Waals surface area contributed by atoms with Crippen molar-refractivity contribution in [3.05, 3.63) is 59.7 Å². The number of likely N-dealkylation sites (N-methyl/N-ethyl adjacent to an activating group) is 1. The molecule has 104 valence electrons. The van der Waals surface area contributed by atoms with Gasteiger partial charge in [-0.1, -0.05) is 30.3 Å². The van der Waals surface area contributed by atoms with Gasteiger partial charge in [-0.25, -0.2) is 0 Å². The summed E-state index contributed by atoms with van der Waals surface area (Å²) in [7, 11) is 0. The predicted molar refractivity (Wildman–Crippen MR) is 86.6 cm³/mol. The van der Waals surface area contributed by atoms with Crippen molar-refractivity contribution in [2.75, 3.05) is 23.3 Å². The summed E-state index contributed by atoms with van der Waals surface area (Å²) in [6.45, 7) is 6.45. The van der Waals surface area contributed by atoms with E-state index in [1.165, 1.54) is 22.5 Å². The summed E-state index contributed by atoms with van der Waals surface area (Å²) in [5.41, 5.74) is 5.38. The van der Waals surface area contributed by atoms with E-state index < -0.39 is 0 Å². The third-order valence-corrected chi connectivity index (χ3v) is 4.12. The van der Waals surface area contributed by atoms with Crippen molar-refractivity contribution in [1.29, 1.82) is 0 Å². The van der Waals surface area contributed by atoms with Crippen molar-refractivity contribution < 1.29 is 0 Å². The van der Waals surface area contributed by atoms with Gasteiger partial charge in [0.05, 0.1) is 6.04 Å². The molecule has 0 aliphatic carbocycles. The van der Waals surface area contributed by atoms with Gasteiger partial charge in [0, 0.05) is 24.5 Å². The fourth-order valence-corrected chi connectivity index (χ4v) is 3.10. The minimum absolute atomic E-state index is 0.525. The first kappa shape index (κ1) is 13.0. The van der Waals surface area contributed by atoms with Gasteiger partial charge in [0.1, 0.15) is 0 Å². The molecule has 1 unspecified atom stereocenters. The summed E-state index contributed by atoms with van der Waals surface area (Å²) >= 11 is 0. The Labute approximate surface area is 121 Å². The average Bonchev–Trinajstić information content (AvgIpc) is 2.48. The Morgan fingerprint density at radius 1 is 1.15 bits per heavy atom. The van der Waals surface area contributed by atoms with Gasteiger partial charge in [0.2, 0.25) is 0 Å². The third-order valence-electron chi connectivity index (χ3n) is 4.12. The van der Waals surface area contributed by atoms with Gasteiger partial charge in [0.25, 0.3) is 0 Å². The first-order valence-corrected chi connectivity index (χ1v) is 7.43. The predicted octanol–water partition coefficient (Wildman–Crippen LogP) is 3.86. The van der Waals surface area contributed by atoms with Gasteiger partial charge in [-0.2, -0.15) is 0 Å². The van der Waals surface area contributed by atoms with Crippen molar-refractivity contribution in [3.8, 4) is 0 Å². The lowest BCUT2D eigenvalue weighted by atomic mass is 9.98. The Kier molecular flexibility index (Phi) is 3.64. The Balaban J connectivity index is 1.85. The van der Waals surface area contributed by atoms with E-state index >= 15 is 0 Å². The maximum absolute atomic E-state index is 3.57. The Morgan fingerprint density at radius 3 is 2.80 bits per heavy atom. The fourth-order valence-electron chi connectivity index (χ4n) is 3.10. The molecule has 0 radical (unpaired) electrons. The summed E-state index contributed by atoms with van der Waals surface area (Å²) in [6.07, 6.45) is 1.12. The number of hydrogen-bond acceptors (Lipinski definition) is 2. The van der Waals surface area contributed by atoms with Crippen molar-refractivity contribution in [3.63, 3.8) is 0 Å². The smallest absolute Gasteiger partial charge is 0.0503 e. The maximum Gasteiger partial charge on any atom is 0.0503 e. The van der Waals surface area contributed by atoms with Crippen LogP contribution < -0.4 is 10.2 Å². The van der Waals surface area contributed by atoms with Crippen LogP contribution >= 0.6 is 0 Å².